The van der Waals surface area contributed by atoms with E-state index in [0.29, 0.717) is 11.4 Å². The minimum Gasteiger partial charge on any atom is -0.320 e. The minimum atomic E-state index is -4.01. The van der Waals surface area contributed by atoms with Crippen LogP contribution in [0, 0.1) is 18.6 Å². The van der Waals surface area contributed by atoms with Crippen LogP contribution in [0.25, 0.3) is 5.69 Å². The third-order valence-corrected chi connectivity index (χ3v) is 6.25. The summed E-state index contributed by atoms with van der Waals surface area (Å²) in [5.41, 5.74) is 1.72. The van der Waals surface area contributed by atoms with Crippen LogP contribution in [0.1, 0.15) is 16.1 Å². The predicted molar refractivity (Wildman–Crippen MR) is 120 cm³/mol. The Morgan fingerprint density at radius 3 is 2.09 bits per heavy atom. The molecule has 2 N–H and O–H groups in total. The monoisotopic (exact) mass is 468 g/mol. The van der Waals surface area contributed by atoms with Crippen molar-refractivity contribution < 1.29 is 22.0 Å². The van der Waals surface area contributed by atoms with Gasteiger partial charge in [-0.3, -0.25) is 9.52 Å². The van der Waals surface area contributed by atoms with E-state index < -0.39 is 21.7 Å². The molecule has 0 saturated carbocycles. The molecule has 0 aliphatic carbocycles. The maximum atomic E-state index is 13.2. The highest BCUT2D eigenvalue weighted by Gasteiger charge is 2.19. The Morgan fingerprint density at radius 1 is 0.879 bits per heavy atom. The molecule has 1 heterocycles. The second kappa shape index (κ2) is 8.83. The van der Waals surface area contributed by atoms with Crippen molar-refractivity contribution in [2.45, 2.75) is 11.8 Å². The van der Waals surface area contributed by atoms with E-state index in [1.807, 2.05) is 0 Å². The molecule has 10 heteroatoms. The number of anilines is 2. The number of carbonyl (C=O) groups is 1. The number of sulfonamides is 1. The van der Waals surface area contributed by atoms with E-state index in [-0.39, 0.29) is 27.7 Å². The summed E-state index contributed by atoms with van der Waals surface area (Å²) in [5.74, 6) is -1.45. The van der Waals surface area contributed by atoms with Gasteiger partial charge in [0.05, 0.1) is 39.4 Å². The van der Waals surface area contributed by atoms with Gasteiger partial charge in [-0.25, -0.2) is 21.9 Å². The zero-order valence-electron chi connectivity index (χ0n) is 17.3. The molecule has 4 aromatic rings. The lowest BCUT2D eigenvalue weighted by Crippen LogP contribution is -2.17. The van der Waals surface area contributed by atoms with Crippen molar-refractivity contribution in [2.75, 3.05) is 10.0 Å². The van der Waals surface area contributed by atoms with Gasteiger partial charge in [0.15, 0.2) is 0 Å². The molecule has 0 spiro atoms. The summed E-state index contributed by atoms with van der Waals surface area (Å²) >= 11 is 0. The van der Waals surface area contributed by atoms with Crippen LogP contribution < -0.4 is 10.0 Å². The highest BCUT2D eigenvalue weighted by molar-refractivity contribution is 7.92. The van der Waals surface area contributed by atoms with Gasteiger partial charge in [0.2, 0.25) is 0 Å². The first-order chi connectivity index (χ1) is 15.7. The molecule has 0 saturated heterocycles. The van der Waals surface area contributed by atoms with E-state index in [4.69, 9.17) is 0 Å². The molecule has 0 unspecified atom stereocenters. The number of rotatable bonds is 6. The van der Waals surface area contributed by atoms with E-state index in [0.717, 1.165) is 24.3 Å². The number of para-hydroxylation sites is 2. The number of amides is 1. The zero-order chi connectivity index (χ0) is 23.6. The molecule has 7 nitrogen and oxygen atoms in total. The van der Waals surface area contributed by atoms with Gasteiger partial charge < -0.3 is 5.32 Å². The largest absolute Gasteiger partial charge is 0.320 e. The van der Waals surface area contributed by atoms with E-state index in [1.165, 1.54) is 41.2 Å². The van der Waals surface area contributed by atoms with Crippen molar-refractivity contribution in [2.24, 2.45) is 0 Å². The normalized spacial score (nSPS) is 11.2. The minimum absolute atomic E-state index is 0.124. The molecule has 3 aromatic carbocycles. The van der Waals surface area contributed by atoms with Crippen molar-refractivity contribution in [3.63, 3.8) is 0 Å². The van der Waals surface area contributed by atoms with Crippen LogP contribution in [-0.4, -0.2) is 24.1 Å². The lowest BCUT2D eigenvalue weighted by molar-refractivity contribution is 0.102. The summed E-state index contributed by atoms with van der Waals surface area (Å²) in [7, 11) is -4.01. The average molecular weight is 468 g/mol. The molecule has 1 amide bonds. The first kappa shape index (κ1) is 22.2. The van der Waals surface area contributed by atoms with Crippen molar-refractivity contribution >= 4 is 27.3 Å². The van der Waals surface area contributed by atoms with Gasteiger partial charge in [-0.05, 0) is 67.6 Å². The van der Waals surface area contributed by atoms with Crippen molar-refractivity contribution in [1.82, 2.24) is 9.78 Å². The Kier molecular flexibility index (Phi) is 5.93. The molecule has 4 rings (SSSR count). The van der Waals surface area contributed by atoms with Gasteiger partial charge in [-0.1, -0.05) is 12.1 Å². The Labute approximate surface area is 188 Å². The fraction of sp³-hybridized carbons (Fsp3) is 0.0435. The van der Waals surface area contributed by atoms with Crippen LogP contribution in [-0.2, 0) is 10.0 Å². The predicted octanol–water partition coefficient (Wildman–Crippen LogP) is 4.51. The van der Waals surface area contributed by atoms with Crippen LogP contribution in [0.15, 0.2) is 83.9 Å². The Balaban J connectivity index is 1.58. The molecule has 1 aromatic heterocycles. The number of nitrogens with zero attached hydrogens (tertiary/aromatic N) is 2. The highest BCUT2D eigenvalue weighted by atomic mass is 32.2. The molecule has 0 fully saturated rings. The van der Waals surface area contributed by atoms with Crippen LogP contribution in [0.4, 0.5) is 20.2 Å². The first-order valence-electron chi connectivity index (χ1n) is 9.74. The fourth-order valence-corrected chi connectivity index (χ4v) is 4.24. The van der Waals surface area contributed by atoms with Crippen LogP contribution in [0.5, 0.6) is 0 Å². The maximum absolute atomic E-state index is 13.2. The number of aromatic nitrogens is 2. The van der Waals surface area contributed by atoms with Crippen LogP contribution >= 0.6 is 0 Å². The van der Waals surface area contributed by atoms with Gasteiger partial charge in [-0.2, -0.15) is 5.10 Å². The highest BCUT2D eigenvalue weighted by Crippen LogP contribution is 2.26. The number of carbonyl (C=O) groups excluding carboxylic acids is 1. The molecule has 0 aliphatic rings. The molecule has 0 radical (unpaired) electrons. The number of hydrogen-bond acceptors (Lipinski definition) is 4. The van der Waals surface area contributed by atoms with Crippen molar-refractivity contribution in [1.29, 1.82) is 0 Å². The number of hydrogen-bond donors (Lipinski definition) is 2. The smallest absolute Gasteiger partial charge is 0.261 e. The first-order valence-corrected chi connectivity index (χ1v) is 11.2. The van der Waals surface area contributed by atoms with E-state index in [9.17, 15) is 22.0 Å². The second-order valence-electron chi connectivity index (χ2n) is 7.09. The third kappa shape index (κ3) is 4.75. The number of halogens is 2. The van der Waals surface area contributed by atoms with Gasteiger partial charge >= 0.3 is 0 Å². The van der Waals surface area contributed by atoms with E-state index >= 15 is 0 Å². The van der Waals surface area contributed by atoms with Crippen molar-refractivity contribution in [3.8, 4) is 5.69 Å². The Hall–Kier alpha value is -4.05. The number of benzene rings is 3. The molecular weight excluding hydrogens is 450 g/mol. The molecular formula is C23H18F2N4O3S. The summed E-state index contributed by atoms with van der Waals surface area (Å²) in [6.45, 7) is 1.69. The summed E-state index contributed by atoms with van der Waals surface area (Å²) in [6, 6.07) is 16.3. The van der Waals surface area contributed by atoms with E-state index in [2.05, 4.69) is 15.1 Å². The standard InChI is InChI=1S/C23H18F2N4O3S/c1-15-20(14-26-29(15)18-10-6-16(24)7-11-18)23(30)27-21-4-2-3-5-22(21)28-33(31,32)19-12-8-17(25)9-13-19/h2-14,28H,1H3,(H,27,30). The van der Waals surface area contributed by atoms with E-state index in [1.54, 1.807) is 25.1 Å². The molecule has 168 valence electrons. The zero-order valence-corrected chi connectivity index (χ0v) is 18.1. The quantitative estimate of drug-likeness (QED) is 0.435. The average Bonchev–Trinajstić information content (AvgIpc) is 3.17. The lowest BCUT2D eigenvalue weighted by atomic mass is 10.2. The maximum Gasteiger partial charge on any atom is 0.261 e. The summed E-state index contributed by atoms with van der Waals surface area (Å²) in [5, 5.41) is 6.88. The topological polar surface area (TPSA) is 93.1 Å². The van der Waals surface area contributed by atoms with Crippen LogP contribution in [0.2, 0.25) is 0 Å². The van der Waals surface area contributed by atoms with Gasteiger partial charge in [0.25, 0.3) is 15.9 Å². The number of nitrogens with one attached hydrogen (secondary N) is 2. The summed E-state index contributed by atoms with van der Waals surface area (Å²) in [6.07, 6.45) is 1.37. The molecule has 0 bridgehead atoms. The second-order valence-corrected chi connectivity index (χ2v) is 8.77. The fourth-order valence-electron chi connectivity index (χ4n) is 3.16. The molecule has 0 atom stereocenters. The van der Waals surface area contributed by atoms with Gasteiger partial charge in [0.1, 0.15) is 11.6 Å². The third-order valence-electron chi connectivity index (χ3n) is 4.87. The Morgan fingerprint density at radius 2 is 1.45 bits per heavy atom. The molecule has 33 heavy (non-hydrogen) atoms. The van der Waals surface area contributed by atoms with Gasteiger partial charge in [0, 0.05) is 0 Å². The SMILES string of the molecule is Cc1c(C(=O)Nc2ccccc2NS(=O)(=O)c2ccc(F)cc2)cnn1-c1ccc(F)cc1. The Bertz CT molecular complexity index is 1420. The lowest BCUT2D eigenvalue weighted by Gasteiger charge is -2.13. The van der Waals surface area contributed by atoms with Gasteiger partial charge in [-0.15, -0.1) is 0 Å². The molecule has 0 aliphatic heterocycles. The summed E-state index contributed by atoms with van der Waals surface area (Å²) < 4.78 is 55.6. The van der Waals surface area contributed by atoms with Crippen molar-refractivity contribution in [3.05, 3.63) is 102 Å². The van der Waals surface area contributed by atoms with Crippen LogP contribution in [0.3, 0.4) is 0 Å². The summed E-state index contributed by atoms with van der Waals surface area (Å²) in [4.78, 5) is 12.8.